The number of aryl methyl sites for hydroxylation is 2. The molecule has 0 unspecified atom stereocenters. The van der Waals surface area contributed by atoms with Gasteiger partial charge in [-0.1, -0.05) is 5.16 Å². The van der Waals surface area contributed by atoms with E-state index in [1.165, 1.54) is 12.3 Å². The zero-order chi connectivity index (χ0) is 17.1. The Balaban J connectivity index is 1.72. The van der Waals surface area contributed by atoms with Crippen LogP contribution < -0.4 is 0 Å². The highest BCUT2D eigenvalue weighted by Gasteiger charge is 2.62. The molecule has 1 amide bonds. The number of carboxylic acids is 1. The highest BCUT2D eigenvalue weighted by Crippen LogP contribution is 2.56. The highest BCUT2D eigenvalue weighted by molar-refractivity contribution is 5.98. The number of fused-ring (bicyclic) bond motifs is 1. The molecule has 2 aliphatic heterocycles. The van der Waals surface area contributed by atoms with Crippen LogP contribution in [0, 0.1) is 19.8 Å². The number of amides is 1. The summed E-state index contributed by atoms with van der Waals surface area (Å²) in [5.74, 6) is 0.0653. The van der Waals surface area contributed by atoms with Gasteiger partial charge in [-0.2, -0.15) is 4.98 Å². The molecule has 2 aromatic rings. The second kappa shape index (κ2) is 4.86. The number of aromatic nitrogens is 3. The van der Waals surface area contributed by atoms with Gasteiger partial charge in [0.2, 0.25) is 0 Å². The summed E-state index contributed by atoms with van der Waals surface area (Å²) in [6.07, 6.45) is 2.85. The van der Waals surface area contributed by atoms with Gasteiger partial charge in [0.25, 0.3) is 11.8 Å². The van der Waals surface area contributed by atoms with Gasteiger partial charge in [-0.15, -0.1) is 0 Å². The van der Waals surface area contributed by atoms with Crippen molar-refractivity contribution in [2.45, 2.75) is 32.2 Å². The van der Waals surface area contributed by atoms with Gasteiger partial charge in [-0.3, -0.25) is 9.78 Å². The molecule has 0 radical (unpaired) electrons. The zero-order valence-corrected chi connectivity index (χ0v) is 13.3. The Morgan fingerprint density at radius 3 is 2.75 bits per heavy atom. The lowest BCUT2D eigenvalue weighted by molar-refractivity contribution is 0.0427. The first kappa shape index (κ1) is 14.8. The van der Waals surface area contributed by atoms with E-state index < -0.39 is 11.5 Å². The van der Waals surface area contributed by atoms with Crippen molar-refractivity contribution in [3.63, 3.8) is 0 Å². The lowest BCUT2D eigenvalue weighted by atomic mass is 9.73. The van der Waals surface area contributed by atoms with E-state index in [9.17, 15) is 9.59 Å². The minimum atomic E-state index is -1.11. The molecule has 5 rings (SSSR count). The fourth-order valence-electron chi connectivity index (χ4n) is 3.74. The monoisotopic (exact) mass is 328 g/mol. The normalized spacial score (nSPS) is 24.8. The van der Waals surface area contributed by atoms with Crippen molar-refractivity contribution in [1.29, 1.82) is 0 Å². The van der Waals surface area contributed by atoms with Crippen LogP contribution >= 0.6 is 0 Å². The molecule has 0 spiro atoms. The summed E-state index contributed by atoms with van der Waals surface area (Å²) in [6.45, 7) is 4.05. The van der Waals surface area contributed by atoms with E-state index in [-0.39, 0.29) is 11.5 Å². The van der Waals surface area contributed by atoms with Gasteiger partial charge < -0.3 is 14.5 Å². The Hall–Kier alpha value is -2.77. The number of rotatable bonds is 3. The molecular weight excluding hydrogens is 312 g/mol. The summed E-state index contributed by atoms with van der Waals surface area (Å²) in [6, 6.07) is 1.38. The number of pyridine rings is 1. The number of carboxylic acid groups (broad SMARTS) is 1. The molecule has 0 aromatic carbocycles. The number of carbonyl (C=O) groups excluding carboxylic acids is 1. The van der Waals surface area contributed by atoms with Gasteiger partial charge in [0.1, 0.15) is 5.54 Å². The topological polar surface area (TPSA) is 109 Å². The van der Waals surface area contributed by atoms with Gasteiger partial charge in [-0.05, 0) is 38.7 Å². The largest absolute Gasteiger partial charge is 0.478 e. The second-order valence-corrected chi connectivity index (χ2v) is 6.53. The van der Waals surface area contributed by atoms with E-state index in [0.717, 1.165) is 12.8 Å². The smallest absolute Gasteiger partial charge is 0.337 e. The number of hydrogen-bond donors (Lipinski definition) is 1. The van der Waals surface area contributed by atoms with Crippen LogP contribution in [0.25, 0.3) is 0 Å². The maximum atomic E-state index is 13.1. The number of nitrogens with zero attached hydrogens (tertiary/aromatic N) is 4. The van der Waals surface area contributed by atoms with Crippen molar-refractivity contribution in [3.8, 4) is 0 Å². The summed E-state index contributed by atoms with van der Waals surface area (Å²) < 4.78 is 5.33. The molecule has 8 nitrogen and oxygen atoms in total. The molecule has 1 N–H and O–H groups in total. The molecule has 24 heavy (non-hydrogen) atoms. The van der Waals surface area contributed by atoms with Crippen LogP contribution in [0.4, 0.5) is 0 Å². The zero-order valence-electron chi connectivity index (χ0n) is 13.3. The van der Waals surface area contributed by atoms with Crippen LogP contribution in [0.3, 0.4) is 0 Å². The number of hydrogen-bond acceptors (Lipinski definition) is 6. The molecule has 1 saturated carbocycles. The third kappa shape index (κ3) is 1.95. The molecule has 3 fully saturated rings. The van der Waals surface area contributed by atoms with Crippen molar-refractivity contribution in [2.75, 3.05) is 6.54 Å². The summed E-state index contributed by atoms with van der Waals surface area (Å²) in [7, 11) is 0. The maximum absolute atomic E-state index is 13.1. The number of aromatic carboxylic acids is 1. The molecule has 2 aromatic heterocycles. The fraction of sp³-hybridized carbons (Fsp3) is 0.438. The first-order valence-electron chi connectivity index (χ1n) is 7.73. The molecule has 1 aliphatic carbocycles. The minimum Gasteiger partial charge on any atom is -0.478 e. The molecule has 3 aliphatic rings. The lowest BCUT2D eigenvalue weighted by Crippen LogP contribution is -2.46. The summed E-state index contributed by atoms with van der Waals surface area (Å²) in [4.78, 5) is 34.3. The van der Waals surface area contributed by atoms with E-state index >= 15 is 0 Å². The van der Waals surface area contributed by atoms with Gasteiger partial charge in [0.05, 0.1) is 16.8 Å². The van der Waals surface area contributed by atoms with Gasteiger partial charge >= 0.3 is 5.97 Å². The van der Waals surface area contributed by atoms with E-state index in [2.05, 4.69) is 15.1 Å². The van der Waals surface area contributed by atoms with Crippen LogP contribution in [0.5, 0.6) is 0 Å². The van der Waals surface area contributed by atoms with Gasteiger partial charge in [0.15, 0.2) is 5.82 Å². The van der Waals surface area contributed by atoms with Gasteiger partial charge in [-0.25, -0.2) is 4.79 Å². The molecule has 0 atom stereocenters. The predicted molar refractivity (Wildman–Crippen MR) is 80.4 cm³/mol. The first-order chi connectivity index (χ1) is 11.4. The van der Waals surface area contributed by atoms with Crippen molar-refractivity contribution < 1.29 is 19.2 Å². The van der Waals surface area contributed by atoms with E-state index in [1.54, 1.807) is 18.7 Å². The van der Waals surface area contributed by atoms with Crippen LogP contribution in [0.15, 0.2) is 16.8 Å². The van der Waals surface area contributed by atoms with Crippen molar-refractivity contribution in [2.24, 2.45) is 5.92 Å². The third-order valence-electron chi connectivity index (χ3n) is 4.95. The van der Waals surface area contributed by atoms with Crippen LogP contribution in [0.1, 0.15) is 51.0 Å². The fourth-order valence-corrected chi connectivity index (χ4v) is 3.74. The van der Waals surface area contributed by atoms with Gasteiger partial charge in [0, 0.05) is 12.7 Å². The Labute approximate surface area is 137 Å². The predicted octanol–water partition coefficient (Wildman–Crippen LogP) is 1.54. The molecule has 4 heterocycles. The Kier molecular flexibility index (Phi) is 3.00. The minimum absolute atomic E-state index is 0.00169. The van der Waals surface area contributed by atoms with Crippen LogP contribution in [-0.2, 0) is 5.54 Å². The van der Waals surface area contributed by atoms with Crippen molar-refractivity contribution in [1.82, 2.24) is 20.0 Å². The average Bonchev–Trinajstić information content (AvgIpc) is 3.18. The molecular formula is C16H16N4O4. The molecule has 124 valence electrons. The Morgan fingerprint density at radius 2 is 2.12 bits per heavy atom. The summed E-state index contributed by atoms with van der Waals surface area (Å²) in [5, 5.41) is 13.0. The Morgan fingerprint density at radius 1 is 1.38 bits per heavy atom. The standard InChI is InChI=1S/C16H16N4O4/c1-8-12(3-11(6-17-8)14(22)23)13(21)20-7-10-4-16(20,5-10)15-18-9(2)19-24-15/h3,6,10H,4-5,7H2,1-2H3,(H,22,23). The maximum Gasteiger partial charge on any atom is 0.337 e. The third-order valence-corrected chi connectivity index (χ3v) is 4.95. The van der Waals surface area contributed by atoms with Crippen molar-refractivity contribution in [3.05, 3.63) is 40.8 Å². The summed E-state index contributed by atoms with van der Waals surface area (Å²) in [5.41, 5.74) is 0.247. The summed E-state index contributed by atoms with van der Waals surface area (Å²) >= 11 is 0. The van der Waals surface area contributed by atoms with Crippen LogP contribution in [-0.4, -0.2) is 43.6 Å². The second-order valence-electron chi connectivity index (χ2n) is 6.53. The van der Waals surface area contributed by atoms with Crippen molar-refractivity contribution >= 4 is 11.9 Å². The van der Waals surface area contributed by atoms with E-state index in [4.69, 9.17) is 9.63 Å². The van der Waals surface area contributed by atoms with E-state index in [1.807, 2.05) is 0 Å². The lowest BCUT2D eigenvalue weighted by Gasteiger charge is -2.38. The van der Waals surface area contributed by atoms with E-state index in [0.29, 0.717) is 35.4 Å². The highest BCUT2D eigenvalue weighted by atomic mass is 16.5. The quantitative estimate of drug-likeness (QED) is 0.910. The SMILES string of the molecule is Cc1noc(C23CC(CN2C(=O)c2cc(C(=O)O)cnc2C)C3)n1. The number of carbonyl (C=O) groups is 2. The average molecular weight is 328 g/mol. The Bertz CT molecular complexity index is 854. The molecule has 8 heteroatoms. The molecule has 2 bridgehead atoms. The molecule has 2 saturated heterocycles. The van der Waals surface area contributed by atoms with Crippen LogP contribution in [0.2, 0.25) is 0 Å². The first-order valence-corrected chi connectivity index (χ1v) is 7.73.